The van der Waals surface area contributed by atoms with E-state index in [1.54, 1.807) is 36.5 Å². The summed E-state index contributed by atoms with van der Waals surface area (Å²) in [7, 11) is 0. The molecule has 1 saturated heterocycles. The average molecular weight is 506 g/mol. The van der Waals surface area contributed by atoms with Gasteiger partial charge in [-0.3, -0.25) is 0 Å². The SMILES string of the molecule is Cc1ccc(NC(=O)Nc2cc(-c3sc(N4CCOCC4)nc3-c3ccnc(N)n3)ccc2F)cc1. The zero-order valence-electron chi connectivity index (χ0n) is 19.5. The minimum atomic E-state index is -0.552. The number of aryl methyl sites for hydroxylation is 1. The van der Waals surface area contributed by atoms with E-state index in [9.17, 15) is 9.18 Å². The number of nitrogens with two attached hydrogens (primary N) is 1. The van der Waals surface area contributed by atoms with E-state index >= 15 is 0 Å². The lowest BCUT2D eigenvalue weighted by Crippen LogP contribution is -2.36. The molecule has 5 rings (SSSR count). The highest BCUT2D eigenvalue weighted by molar-refractivity contribution is 7.19. The van der Waals surface area contributed by atoms with Gasteiger partial charge in [0.15, 0.2) is 5.13 Å². The van der Waals surface area contributed by atoms with Crippen molar-refractivity contribution >= 4 is 39.8 Å². The number of nitrogen functional groups attached to an aromatic ring is 1. The molecule has 0 atom stereocenters. The Morgan fingerprint density at radius 3 is 2.61 bits per heavy atom. The molecule has 11 heteroatoms. The van der Waals surface area contributed by atoms with Gasteiger partial charge in [0.1, 0.15) is 11.5 Å². The predicted molar refractivity (Wildman–Crippen MR) is 140 cm³/mol. The molecule has 3 heterocycles. The van der Waals surface area contributed by atoms with E-state index in [2.05, 4.69) is 25.5 Å². The quantitative estimate of drug-likeness (QED) is 0.357. The molecule has 0 radical (unpaired) electrons. The molecule has 0 saturated carbocycles. The third-order valence-corrected chi connectivity index (χ3v) is 6.77. The normalized spacial score (nSPS) is 13.4. The van der Waals surface area contributed by atoms with E-state index < -0.39 is 11.8 Å². The van der Waals surface area contributed by atoms with Gasteiger partial charge < -0.3 is 26.0 Å². The second-order valence-corrected chi connectivity index (χ2v) is 9.19. The molecule has 36 heavy (non-hydrogen) atoms. The summed E-state index contributed by atoms with van der Waals surface area (Å²) in [5.74, 6) is -0.419. The van der Waals surface area contributed by atoms with Gasteiger partial charge in [-0.1, -0.05) is 35.1 Å². The van der Waals surface area contributed by atoms with Crippen LogP contribution in [0.2, 0.25) is 0 Å². The lowest BCUT2D eigenvalue weighted by molar-refractivity contribution is 0.122. The van der Waals surface area contributed by atoms with E-state index in [1.807, 2.05) is 19.1 Å². The third-order valence-electron chi connectivity index (χ3n) is 5.60. The average Bonchev–Trinajstić information content (AvgIpc) is 3.33. The molecule has 2 aromatic carbocycles. The Hall–Kier alpha value is -4.09. The molecule has 1 fully saturated rings. The summed E-state index contributed by atoms with van der Waals surface area (Å²) in [6, 6.07) is 13.1. The molecule has 0 spiro atoms. The molecule has 0 bridgehead atoms. The number of nitrogens with zero attached hydrogens (tertiary/aromatic N) is 4. The van der Waals surface area contributed by atoms with Crippen LogP contribution in [0, 0.1) is 12.7 Å². The van der Waals surface area contributed by atoms with Crippen molar-refractivity contribution in [3.8, 4) is 21.8 Å². The molecule has 9 nitrogen and oxygen atoms in total. The highest BCUT2D eigenvalue weighted by atomic mass is 32.1. The number of urea groups is 1. The second-order valence-electron chi connectivity index (χ2n) is 8.21. The zero-order chi connectivity index (χ0) is 25.1. The molecular weight excluding hydrogens is 481 g/mol. The third kappa shape index (κ3) is 5.26. The Morgan fingerprint density at radius 1 is 1.08 bits per heavy atom. The summed E-state index contributed by atoms with van der Waals surface area (Å²) >= 11 is 1.46. The molecule has 1 aliphatic heterocycles. The van der Waals surface area contributed by atoms with Crippen LogP contribution in [-0.2, 0) is 4.74 Å². The number of aromatic nitrogens is 3. The number of anilines is 4. The van der Waals surface area contributed by atoms with Crippen molar-refractivity contribution in [2.24, 2.45) is 0 Å². The molecule has 1 aliphatic rings. The summed E-state index contributed by atoms with van der Waals surface area (Å²) in [5, 5.41) is 6.13. The first kappa shape index (κ1) is 23.6. The van der Waals surface area contributed by atoms with Gasteiger partial charge in [0.05, 0.1) is 29.5 Å². The predicted octanol–water partition coefficient (Wildman–Crippen LogP) is 4.78. The van der Waals surface area contributed by atoms with Gasteiger partial charge in [-0.05, 0) is 42.8 Å². The van der Waals surface area contributed by atoms with Crippen LogP contribution in [0.4, 0.5) is 31.6 Å². The van der Waals surface area contributed by atoms with E-state index in [4.69, 9.17) is 15.5 Å². The van der Waals surface area contributed by atoms with Gasteiger partial charge >= 0.3 is 6.03 Å². The summed E-state index contributed by atoms with van der Waals surface area (Å²) in [6.07, 6.45) is 1.57. The fraction of sp³-hybridized carbons (Fsp3) is 0.200. The number of carbonyl (C=O) groups is 1. The zero-order valence-corrected chi connectivity index (χ0v) is 20.3. The maximum atomic E-state index is 14.7. The minimum Gasteiger partial charge on any atom is -0.378 e. The van der Waals surface area contributed by atoms with Gasteiger partial charge in [0.25, 0.3) is 0 Å². The largest absolute Gasteiger partial charge is 0.378 e. The van der Waals surface area contributed by atoms with Crippen LogP contribution >= 0.6 is 11.3 Å². The van der Waals surface area contributed by atoms with E-state index in [1.165, 1.54) is 17.4 Å². The van der Waals surface area contributed by atoms with Crippen molar-refractivity contribution in [1.82, 2.24) is 15.0 Å². The number of ether oxygens (including phenoxy) is 1. The van der Waals surface area contributed by atoms with Crippen molar-refractivity contribution in [3.63, 3.8) is 0 Å². The Labute approximate surface area is 211 Å². The number of carbonyl (C=O) groups excluding carboxylic acids is 1. The molecule has 184 valence electrons. The standard InChI is InChI=1S/C25H24FN7O2S/c1-15-2-5-17(6-3-15)29-24(34)31-20-14-16(4-7-18(20)26)22-21(19-8-9-28-23(27)30-19)32-25(36-22)33-10-12-35-13-11-33/h2-9,14H,10-13H2,1H3,(H2,27,28,30)(H2,29,31,34). The van der Waals surface area contributed by atoms with Gasteiger partial charge in [-0.15, -0.1) is 0 Å². The van der Waals surface area contributed by atoms with E-state index in [-0.39, 0.29) is 11.6 Å². The number of rotatable bonds is 5. The first-order valence-electron chi connectivity index (χ1n) is 11.3. The molecule has 2 amide bonds. The van der Waals surface area contributed by atoms with Crippen LogP contribution in [0.25, 0.3) is 21.8 Å². The lowest BCUT2D eigenvalue weighted by atomic mass is 10.1. The number of benzene rings is 2. The highest BCUT2D eigenvalue weighted by Crippen LogP contribution is 2.41. The van der Waals surface area contributed by atoms with Gasteiger partial charge in [0.2, 0.25) is 5.95 Å². The monoisotopic (exact) mass is 505 g/mol. The summed E-state index contributed by atoms with van der Waals surface area (Å²) in [6.45, 7) is 4.62. The van der Waals surface area contributed by atoms with E-state index in [0.29, 0.717) is 48.9 Å². The Kier molecular flexibility index (Phi) is 6.74. The van der Waals surface area contributed by atoms with Crippen molar-refractivity contribution in [2.45, 2.75) is 6.92 Å². The number of amides is 2. The van der Waals surface area contributed by atoms with Crippen LogP contribution in [0.5, 0.6) is 0 Å². The van der Waals surface area contributed by atoms with Crippen LogP contribution < -0.4 is 21.3 Å². The van der Waals surface area contributed by atoms with Crippen LogP contribution in [-0.4, -0.2) is 47.3 Å². The molecule has 4 N–H and O–H groups in total. The molecular formula is C25H24FN7O2S. The highest BCUT2D eigenvalue weighted by Gasteiger charge is 2.22. The summed E-state index contributed by atoms with van der Waals surface area (Å²) in [4.78, 5) is 28.6. The van der Waals surface area contributed by atoms with Crippen LogP contribution in [0.1, 0.15) is 5.56 Å². The Balaban J connectivity index is 1.47. The first-order chi connectivity index (χ1) is 17.5. The summed E-state index contributed by atoms with van der Waals surface area (Å²) < 4.78 is 20.2. The molecule has 4 aromatic rings. The molecule has 0 unspecified atom stereocenters. The number of morpholine rings is 1. The van der Waals surface area contributed by atoms with Gasteiger partial charge in [-0.2, -0.15) is 0 Å². The first-order valence-corrected chi connectivity index (χ1v) is 12.1. The lowest BCUT2D eigenvalue weighted by Gasteiger charge is -2.26. The number of thiazole rings is 1. The van der Waals surface area contributed by atoms with Crippen LogP contribution in [0.15, 0.2) is 54.7 Å². The molecule has 2 aromatic heterocycles. The Bertz CT molecular complexity index is 1390. The van der Waals surface area contributed by atoms with Crippen LogP contribution in [0.3, 0.4) is 0 Å². The fourth-order valence-electron chi connectivity index (χ4n) is 3.76. The maximum absolute atomic E-state index is 14.7. The number of hydrogen-bond donors (Lipinski definition) is 3. The topological polar surface area (TPSA) is 118 Å². The number of nitrogens with one attached hydrogen (secondary N) is 2. The van der Waals surface area contributed by atoms with Crippen molar-refractivity contribution in [3.05, 3.63) is 66.1 Å². The maximum Gasteiger partial charge on any atom is 0.323 e. The van der Waals surface area contributed by atoms with Gasteiger partial charge in [-0.25, -0.2) is 24.1 Å². The van der Waals surface area contributed by atoms with Gasteiger partial charge in [0, 0.05) is 25.0 Å². The number of hydrogen-bond acceptors (Lipinski definition) is 8. The van der Waals surface area contributed by atoms with Crippen molar-refractivity contribution < 1.29 is 13.9 Å². The fourth-order valence-corrected chi connectivity index (χ4v) is 4.88. The summed E-state index contributed by atoms with van der Waals surface area (Å²) in [5.41, 5.74) is 9.41. The van der Waals surface area contributed by atoms with Crippen molar-refractivity contribution in [2.75, 3.05) is 47.6 Å². The Morgan fingerprint density at radius 2 is 1.86 bits per heavy atom. The van der Waals surface area contributed by atoms with E-state index in [0.717, 1.165) is 15.6 Å². The number of halogens is 1. The minimum absolute atomic E-state index is 0.0478. The second kappa shape index (κ2) is 10.3. The molecule has 0 aliphatic carbocycles. The smallest absolute Gasteiger partial charge is 0.323 e. The van der Waals surface area contributed by atoms with Crippen molar-refractivity contribution in [1.29, 1.82) is 0 Å².